The van der Waals surface area contributed by atoms with Crippen LogP contribution in [0.5, 0.6) is 0 Å². The van der Waals surface area contributed by atoms with E-state index in [1.54, 1.807) is 6.20 Å². The molecule has 0 fully saturated rings. The van der Waals surface area contributed by atoms with Crippen LogP contribution in [0.15, 0.2) is 18.5 Å². The summed E-state index contributed by atoms with van der Waals surface area (Å²) in [7, 11) is 0. The van der Waals surface area contributed by atoms with Crippen molar-refractivity contribution in [3.8, 4) is 0 Å². The van der Waals surface area contributed by atoms with Crippen molar-refractivity contribution in [1.82, 2.24) is 15.2 Å². The lowest BCUT2D eigenvalue weighted by Crippen LogP contribution is -2.13. The number of carbonyl (C=O) groups is 1. The van der Waals surface area contributed by atoms with Crippen LogP contribution < -0.4 is 5.32 Å². The second-order valence-electron chi connectivity index (χ2n) is 4.01. The molecule has 0 bridgehead atoms. The molecule has 0 radical (unpaired) electrons. The lowest BCUT2D eigenvalue weighted by molar-refractivity contribution is 0.102. The minimum absolute atomic E-state index is 0. The normalized spacial score (nSPS) is 10.3. The van der Waals surface area contributed by atoms with Gasteiger partial charge in [0, 0.05) is 13.3 Å². The fraction of sp³-hybridized carbons (Fsp3) is 0.250. The Morgan fingerprint density at radius 3 is 2.76 bits per heavy atom. The Hall–Kier alpha value is -2.17. The summed E-state index contributed by atoms with van der Waals surface area (Å²) in [5.74, 6) is -0.174. The molecule has 0 aliphatic carbocycles. The fourth-order valence-corrected chi connectivity index (χ4v) is 1.53. The van der Waals surface area contributed by atoms with Gasteiger partial charge in [-0.2, -0.15) is 5.10 Å². The van der Waals surface area contributed by atoms with Gasteiger partial charge in [0.25, 0.3) is 5.91 Å². The standard InChI is InChI=1S/C12H14N4O.H2/c1-7-4-11(9(3)13-5-7)15-12(17)10-6-14-16-8(10)2;/h4-6H,1-3H3,(H,14,16)(H,15,17);1H. The Morgan fingerprint density at radius 1 is 1.35 bits per heavy atom. The van der Waals surface area contributed by atoms with Crippen LogP contribution in [0.3, 0.4) is 0 Å². The van der Waals surface area contributed by atoms with Gasteiger partial charge in [-0.15, -0.1) is 0 Å². The molecule has 0 unspecified atom stereocenters. The number of aromatic nitrogens is 3. The smallest absolute Gasteiger partial charge is 0.259 e. The predicted molar refractivity (Wildman–Crippen MR) is 67.1 cm³/mol. The van der Waals surface area contributed by atoms with E-state index in [9.17, 15) is 4.79 Å². The highest BCUT2D eigenvalue weighted by atomic mass is 16.1. The van der Waals surface area contributed by atoms with E-state index in [2.05, 4.69) is 20.5 Å². The number of hydrogen-bond acceptors (Lipinski definition) is 3. The minimum Gasteiger partial charge on any atom is -0.320 e. The van der Waals surface area contributed by atoms with Gasteiger partial charge in [0.15, 0.2) is 0 Å². The summed E-state index contributed by atoms with van der Waals surface area (Å²) >= 11 is 0. The monoisotopic (exact) mass is 232 g/mol. The SMILES string of the molecule is Cc1cnc(C)c(NC(=O)c2cn[nH]c2C)c1.[HH]. The largest absolute Gasteiger partial charge is 0.320 e. The number of nitrogens with zero attached hydrogens (tertiary/aromatic N) is 2. The Labute approximate surface area is 101 Å². The molecule has 5 heteroatoms. The Kier molecular flexibility index (Phi) is 2.91. The van der Waals surface area contributed by atoms with Crippen LogP contribution in [0.4, 0.5) is 5.69 Å². The van der Waals surface area contributed by atoms with Crippen LogP contribution in [0.25, 0.3) is 0 Å². The molecule has 2 heterocycles. The van der Waals surface area contributed by atoms with Crippen molar-refractivity contribution in [2.24, 2.45) is 0 Å². The summed E-state index contributed by atoms with van der Waals surface area (Å²) in [5.41, 5.74) is 3.84. The maximum Gasteiger partial charge on any atom is 0.259 e. The molecule has 0 spiro atoms. The molecule has 2 N–H and O–H groups in total. The number of amides is 1. The Bertz CT molecular complexity index is 565. The van der Waals surface area contributed by atoms with E-state index >= 15 is 0 Å². The second-order valence-corrected chi connectivity index (χ2v) is 4.01. The molecule has 2 rings (SSSR count). The van der Waals surface area contributed by atoms with Crippen molar-refractivity contribution in [2.45, 2.75) is 20.8 Å². The lowest BCUT2D eigenvalue weighted by atomic mass is 10.2. The fourth-order valence-electron chi connectivity index (χ4n) is 1.53. The maximum atomic E-state index is 12.0. The summed E-state index contributed by atoms with van der Waals surface area (Å²) in [6.45, 7) is 5.60. The summed E-state index contributed by atoms with van der Waals surface area (Å²) in [5, 5.41) is 9.39. The van der Waals surface area contributed by atoms with Crippen LogP contribution in [0.2, 0.25) is 0 Å². The number of nitrogens with one attached hydrogen (secondary N) is 2. The topological polar surface area (TPSA) is 70.7 Å². The zero-order valence-corrected chi connectivity index (χ0v) is 10.0. The molecular formula is C12H16N4O. The van der Waals surface area contributed by atoms with Crippen molar-refractivity contribution in [1.29, 1.82) is 0 Å². The van der Waals surface area contributed by atoms with Gasteiger partial charge in [-0.3, -0.25) is 14.9 Å². The number of H-pyrrole nitrogens is 1. The van der Waals surface area contributed by atoms with E-state index < -0.39 is 0 Å². The van der Waals surface area contributed by atoms with Crippen molar-refractivity contribution < 1.29 is 6.22 Å². The first-order valence-corrected chi connectivity index (χ1v) is 5.32. The molecule has 17 heavy (non-hydrogen) atoms. The lowest BCUT2D eigenvalue weighted by Gasteiger charge is -2.07. The van der Waals surface area contributed by atoms with E-state index in [0.29, 0.717) is 5.56 Å². The molecule has 2 aromatic heterocycles. The Balaban J connectivity index is 0.00000162. The number of aromatic amines is 1. The molecule has 1 amide bonds. The molecule has 0 saturated heterocycles. The number of anilines is 1. The number of hydrogen-bond donors (Lipinski definition) is 2. The van der Waals surface area contributed by atoms with Gasteiger partial charge in [-0.25, -0.2) is 0 Å². The molecular weight excluding hydrogens is 216 g/mol. The average Bonchev–Trinajstić information content (AvgIpc) is 2.70. The summed E-state index contributed by atoms with van der Waals surface area (Å²) < 4.78 is 0. The minimum atomic E-state index is -0.174. The van der Waals surface area contributed by atoms with Gasteiger partial charge < -0.3 is 5.32 Å². The van der Waals surface area contributed by atoms with Crippen LogP contribution in [0, 0.1) is 20.8 Å². The van der Waals surface area contributed by atoms with Gasteiger partial charge in [0.2, 0.25) is 0 Å². The molecule has 5 nitrogen and oxygen atoms in total. The quantitative estimate of drug-likeness (QED) is 0.834. The van der Waals surface area contributed by atoms with Gasteiger partial charge >= 0.3 is 0 Å². The van der Waals surface area contributed by atoms with Crippen molar-refractivity contribution >= 4 is 11.6 Å². The summed E-state index contributed by atoms with van der Waals surface area (Å²) in [6.07, 6.45) is 3.29. The number of rotatable bonds is 2. The molecule has 0 aromatic carbocycles. The molecule has 0 aliphatic rings. The summed E-state index contributed by atoms with van der Waals surface area (Å²) in [6, 6.07) is 1.90. The zero-order chi connectivity index (χ0) is 12.4. The predicted octanol–water partition coefficient (Wildman–Crippen LogP) is 2.23. The number of carbonyl (C=O) groups excluding carboxylic acids is 1. The highest BCUT2D eigenvalue weighted by Gasteiger charge is 2.12. The van der Waals surface area contributed by atoms with E-state index in [0.717, 1.165) is 22.6 Å². The molecule has 2 aromatic rings. The third-order valence-electron chi connectivity index (χ3n) is 2.55. The van der Waals surface area contributed by atoms with Gasteiger partial charge in [-0.05, 0) is 32.4 Å². The van der Waals surface area contributed by atoms with Gasteiger partial charge in [-0.1, -0.05) is 0 Å². The highest BCUT2D eigenvalue weighted by Crippen LogP contribution is 2.15. The van der Waals surface area contributed by atoms with E-state index in [1.165, 1.54) is 6.20 Å². The first-order valence-electron chi connectivity index (χ1n) is 5.32. The number of aryl methyl sites for hydroxylation is 3. The first-order chi connectivity index (χ1) is 8.08. The third-order valence-corrected chi connectivity index (χ3v) is 2.55. The van der Waals surface area contributed by atoms with Crippen molar-refractivity contribution in [3.05, 3.63) is 41.0 Å². The van der Waals surface area contributed by atoms with Crippen LogP contribution in [-0.4, -0.2) is 21.1 Å². The van der Waals surface area contributed by atoms with Crippen LogP contribution >= 0.6 is 0 Å². The molecule has 0 aliphatic heterocycles. The van der Waals surface area contributed by atoms with Crippen molar-refractivity contribution in [2.75, 3.05) is 5.32 Å². The third kappa shape index (κ3) is 2.33. The molecule has 90 valence electrons. The van der Waals surface area contributed by atoms with Gasteiger partial charge in [0.05, 0.1) is 23.1 Å². The van der Waals surface area contributed by atoms with Gasteiger partial charge in [0.1, 0.15) is 0 Å². The van der Waals surface area contributed by atoms with E-state index in [1.807, 2.05) is 26.8 Å². The van der Waals surface area contributed by atoms with E-state index in [4.69, 9.17) is 0 Å². The Morgan fingerprint density at radius 2 is 2.12 bits per heavy atom. The molecule has 0 saturated carbocycles. The van der Waals surface area contributed by atoms with Crippen LogP contribution in [0.1, 0.15) is 28.7 Å². The summed E-state index contributed by atoms with van der Waals surface area (Å²) in [4.78, 5) is 16.2. The number of pyridine rings is 1. The van der Waals surface area contributed by atoms with E-state index in [-0.39, 0.29) is 7.33 Å². The highest BCUT2D eigenvalue weighted by molar-refractivity contribution is 6.05. The molecule has 0 atom stereocenters. The van der Waals surface area contributed by atoms with Crippen molar-refractivity contribution in [3.63, 3.8) is 0 Å². The second kappa shape index (κ2) is 4.37. The first kappa shape index (κ1) is 11.3. The maximum absolute atomic E-state index is 12.0. The zero-order valence-electron chi connectivity index (χ0n) is 10.0. The van der Waals surface area contributed by atoms with Crippen LogP contribution in [-0.2, 0) is 0 Å². The average molecular weight is 232 g/mol.